The Bertz CT molecular complexity index is 1210. The number of aromatic nitrogens is 2. The summed E-state index contributed by atoms with van der Waals surface area (Å²) in [4.78, 5) is 21.3. The second kappa shape index (κ2) is 10.6. The van der Waals surface area contributed by atoms with Gasteiger partial charge < -0.3 is 10.6 Å². The average Bonchev–Trinajstić information content (AvgIpc) is 2.84. The van der Waals surface area contributed by atoms with E-state index in [1.807, 2.05) is 67.6 Å². The van der Waals surface area contributed by atoms with Crippen molar-refractivity contribution >= 4 is 17.4 Å². The molecule has 0 fully saturated rings. The number of nitrogens with one attached hydrogen (secondary N) is 2. The fourth-order valence-electron chi connectivity index (χ4n) is 3.65. The second-order valence-corrected chi connectivity index (χ2v) is 8.26. The van der Waals surface area contributed by atoms with Gasteiger partial charge in [-0.15, -0.1) is 0 Å². The van der Waals surface area contributed by atoms with Crippen molar-refractivity contribution in [2.45, 2.75) is 32.7 Å². The SMILES string of the molecule is Cc1cccc(-c2cc(Nc3ccc(C(=O)N[C@@H](C)CCc4ccccc4)cc3)ncn2)c1. The highest BCUT2D eigenvalue weighted by Gasteiger charge is 2.10. The summed E-state index contributed by atoms with van der Waals surface area (Å²) in [5.41, 5.74) is 5.87. The highest BCUT2D eigenvalue weighted by molar-refractivity contribution is 5.94. The number of nitrogens with zero attached hydrogens (tertiary/aromatic N) is 2. The van der Waals surface area contributed by atoms with E-state index in [1.54, 1.807) is 6.33 Å². The maximum atomic E-state index is 12.6. The quantitative estimate of drug-likeness (QED) is 0.358. The zero-order valence-electron chi connectivity index (χ0n) is 19.0. The van der Waals surface area contributed by atoms with Gasteiger partial charge in [-0.3, -0.25) is 4.79 Å². The predicted octanol–water partition coefficient (Wildman–Crippen LogP) is 5.95. The summed E-state index contributed by atoms with van der Waals surface area (Å²) < 4.78 is 0. The number of hydrogen-bond acceptors (Lipinski definition) is 4. The molecule has 2 N–H and O–H groups in total. The van der Waals surface area contributed by atoms with Crippen molar-refractivity contribution in [1.29, 1.82) is 0 Å². The van der Waals surface area contributed by atoms with Crippen LogP contribution in [-0.4, -0.2) is 21.9 Å². The summed E-state index contributed by atoms with van der Waals surface area (Å²) in [5.74, 6) is 0.638. The second-order valence-electron chi connectivity index (χ2n) is 8.26. The van der Waals surface area contributed by atoms with Crippen molar-refractivity contribution in [2.75, 3.05) is 5.32 Å². The summed E-state index contributed by atoms with van der Waals surface area (Å²) in [6, 6.07) is 28.0. The predicted molar refractivity (Wildman–Crippen MR) is 134 cm³/mol. The van der Waals surface area contributed by atoms with Crippen LogP contribution < -0.4 is 10.6 Å². The smallest absolute Gasteiger partial charge is 0.251 e. The van der Waals surface area contributed by atoms with Crippen LogP contribution in [0.5, 0.6) is 0 Å². The lowest BCUT2D eigenvalue weighted by Gasteiger charge is -2.14. The lowest BCUT2D eigenvalue weighted by atomic mass is 10.1. The summed E-state index contributed by atoms with van der Waals surface area (Å²) in [7, 11) is 0. The molecule has 1 aromatic heterocycles. The molecule has 3 aromatic carbocycles. The third-order valence-electron chi connectivity index (χ3n) is 5.49. The van der Waals surface area contributed by atoms with Gasteiger partial charge in [-0.1, -0.05) is 54.1 Å². The Morgan fingerprint density at radius 3 is 2.45 bits per heavy atom. The summed E-state index contributed by atoms with van der Waals surface area (Å²) >= 11 is 0. The first kappa shape index (κ1) is 22.2. The van der Waals surface area contributed by atoms with Crippen LogP contribution in [0.2, 0.25) is 0 Å². The molecule has 1 heterocycles. The molecule has 5 nitrogen and oxygen atoms in total. The van der Waals surface area contributed by atoms with Gasteiger partial charge in [0.25, 0.3) is 5.91 Å². The molecular formula is C28H28N4O. The van der Waals surface area contributed by atoms with E-state index in [9.17, 15) is 4.79 Å². The van der Waals surface area contributed by atoms with Gasteiger partial charge in [0.05, 0.1) is 5.69 Å². The van der Waals surface area contributed by atoms with Crippen molar-refractivity contribution in [1.82, 2.24) is 15.3 Å². The number of carbonyl (C=O) groups is 1. The normalized spacial score (nSPS) is 11.6. The van der Waals surface area contributed by atoms with E-state index in [0.29, 0.717) is 11.4 Å². The molecule has 0 unspecified atom stereocenters. The van der Waals surface area contributed by atoms with Gasteiger partial charge in [0.2, 0.25) is 0 Å². The molecule has 0 spiro atoms. The molecular weight excluding hydrogens is 408 g/mol. The zero-order valence-corrected chi connectivity index (χ0v) is 19.0. The minimum atomic E-state index is -0.0640. The molecule has 0 aliphatic heterocycles. The first-order chi connectivity index (χ1) is 16.1. The zero-order chi connectivity index (χ0) is 23.0. The number of aryl methyl sites for hydroxylation is 2. The van der Waals surface area contributed by atoms with Gasteiger partial charge in [-0.05, 0) is 62.6 Å². The van der Waals surface area contributed by atoms with Crippen LogP contribution in [0.4, 0.5) is 11.5 Å². The molecule has 0 bridgehead atoms. The number of carbonyl (C=O) groups excluding carboxylic acids is 1. The Morgan fingerprint density at radius 1 is 0.909 bits per heavy atom. The highest BCUT2D eigenvalue weighted by Crippen LogP contribution is 2.22. The summed E-state index contributed by atoms with van der Waals surface area (Å²) in [6.45, 7) is 4.10. The monoisotopic (exact) mass is 436 g/mol. The van der Waals surface area contributed by atoms with Crippen LogP contribution in [0.25, 0.3) is 11.3 Å². The first-order valence-corrected chi connectivity index (χ1v) is 11.2. The number of anilines is 2. The highest BCUT2D eigenvalue weighted by atomic mass is 16.1. The number of rotatable bonds is 8. The Kier molecular flexibility index (Phi) is 7.10. The van der Waals surface area contributed by atoms with E-state index < -0.39 is 0 Å². The number of amides is 1. The minimum Gasteiger partial charge on any atom is -0.350 e. The largest absolute Gasteiger partial charge is 0.350 e. The fourth-order valence-corrected chi connectivity index (χ4v) is 3.65. The minimum absolute atomic E-state index is 0.0640. The Labute approximate surface area is 194 Å². The van der Waals surface area contributed by atoms with E-state index in [4.69, 9.17) is 0 Å². The van der Waals surface area contributed by atoms with E-state index in [2.05, 4.69) is 51.8 Å². The lowest BCUT2D eigenvalue weighted by molar-refractivity contribution is 0.0938. The molecule has 5 heteroatoms. The van der Waals surface area contributed by atoms with Gasteiger partial charge in [0.15, 0.2) is 0 Å². The molecule has 0 saturated heterocycles. The molecule has 33 heavy (non-hydrogen) atoms. The molecule has 0 aliphatic carbocycles. The van der Waals surface area contributed by atoms with Crippen molar-refractivity contribution < 1.29 is 4.79 Å². The van der Waals surface area contributed by atoms with Crippen molar-refractivity contribution in [2.24, 2.45) is 0 Å². The molecule has 1 amide bonds. The van der Waals surface area contributed by atoms with Crippen LogP contribution in [-0.2, 0) is 6.42 Å². The van der Waals surface area contributed by atoms with Gasteiger partial charge in [0.1, 0.15) is 12.1 Å². The topological polar surface area (TPSA) is 66.9 Å². The number of benzene rings is 3. The van der Waals surface area contributed by atoms with E-state index >= 15 is 0 Å². The molecule has 166 valence electrons. The van der Waals surface area contributed by atoms with E-state index in [-0.39, 0.29) is 11.9 Å². The van der Waals surface area contributed by atoms with Crippen molar-refractivity contribution in [3.63, 3.8) is 0 Å². The lowest BCUT2D eigenvalue weighted by Crippen LogP contribution is -2.32. The first-order valence-electron chi connectivity index (χ1n) is 11.2. The molecule has 0 aliphatic rings. The summed E-state index contributed by atoms with van der Waals surface area (Å²) in [5, 5.41) is 6.38. The van der Waals surface area contributed by atoms with Crippen LogP contribution in [0.15, 0.2) is 91.3 Å². The fraction of sp³-hybridized carbons (Fsp3) is 0.179. The maximum Gasteiger partial charge on any atom is 0.251 e. The van der Waals surface area contributed by atoms with Gasteiger partial charge in [-0.2, -0.15) is 0 Å². The maximum absolute atomic E-state index is 12.6. The summed E-state index contributed by atoms with van der Waals surface area (Å²) in [6.07, 6.45) is 3.39. The van der Waals surface area contributed by atoms with Crippen LogP contribution in [0.1, 0.15) is 34.8 Å². The third-order valence-corrected chi connectivity index (χ3v) is 5.49. The van der Waals surface area contributed by atoms with Crippen molar-refractivity contribution in [3.8, 4) is 11.3 Å². The van der Waals surface area contributed by atoms with Crippen LogP contribution in [0.3, 0.4) is 0 Å². The third kappa shape index (κ3) is 6.26. The molecule has 4 aromatic rings. The van der Waals surface area contributed by atoms with Gasteiger partial charge in [0, 0.05) is 28.9 Å². The standard InChI is InChI=1S/C28H28N4O/c1-20-7-6-10-24(17-20)26-18-27(30-19-29-26)32-25-15-13-23(14-16-25)28(33)31-21(2)11-12-22-8-4-3-5-9-22/h3-10,13-19,21H,11-12H2,1-2H3,(H,31,33)(H,29,30,32)/t21-/m0/s1. The van der Waals surface area contributed by atoms with Crippen LogP contribution in [0, 0.1) is 6.92 Å². The molecule has 1 atom stereocenters. The Balaban J connectivity index is 1.34. The molecule has 0 saturated carbocycles. The van der Waals surface area contributed by atoms with Crippen molar-refractivity contribution in [3.05, 3.63) is 108 Å². The number of hydrogen-bond donors (Lipinski definition) is 2. The Hall–Kier alpha value is -3.99. The molecule has 4 rings (SSSR count). The van der Waals surface area contributed by atoms with Crippen LogP contribution >= 0.6 is 0 Å². The Morgan fingerprint density at radius 2 is 1.70 bits per heavy atom. The average molecular weight is 437 g/mol. The van der Waals surface area contributed by atoms with E-state index in [1.165, 1.54) is 11.1 Å². The van der Waals surface area contributed by atoms with Gasteiger partial charge >= 0.3 is 0 Å². The van der Waals surface area contributed by atoms with Gasteiger partial charge in [-0.25, -0.2) is 9.97 Å². The molecule has 0 radical (unpaired) electrons. The van der Waals surface area contributed by atoms with E-state index in [0.717, 1.165) is 29.8 Å².